The third kappa shape index (κ3) is 3.25. The molecule has 0 aliphatic carbocycles. The molecule has 0 saturated carbocycles. The van der Waals surface area contributed by atoms with Gasteiger partial charge in [-0.2, -0.15) is 23.5 Å². The van der Waals surface area contributed by atoms with E-state index in [1.165, 1.54) is 5.75 Å². The van der Waals surface area contributed by atoms with Gasteiger partial charge in [-0.25, -0.2) is 4.98 Å². The van der Waals surface area contributed by atoms with Crippen LogP contribution in [-0.2, 0) is 13.0 Å². The van der Waals surface area contributed by atoms with E-state index in [-0.39, 0.29) is 6.04 Å². The Morgan fingerprint density at radius 3 is 2.94 bits per heavy atom. The maximum atomic E-state index is 6.38. The first kappa shape index (κ1) is 14.3. The first-order valence-electron chi connectivity index (χ1n) is 6.64. The number of imidazole rings is 1. The lowest BCUT2D eigenvalue weighted by molar-refractivity contribution is 0.599. The molecule has 0 amide bonds. The molecule has 1 saturated heterocycles. The van der Waals surface area contributed by atoms with E-state index >= 15 is 0 Å². The minimum atomic E-state index is 0.213. The van der Waals surface area contributed by atoms with Crippen molar-refractivity contribution >= 4 is 23.5 Å². The Hall–Kier alpha value is -0.130. The highest BCUT2D eigenvalue weighted by Gasteiger charge is 2.30. The van der Waals surface area contributed by atoms with Gasteiger partial charge in [0.15, 0.2) is 0 Å². The molecular formula is C13H23N3S2. The smallest absolute Gasteiger partial charge is 0.110 e. The number of rotatable bonds is 4. The molecule has 0 aromatic carbocycles. The van der Waals surface area contributed by atoms with Crippen molar-refractivity contribution in [3.8, 4) is 0 Å². The van der Waals surface area contributed by atoms with Crippen molar-refractivity contribution in [3.05, 3.63) is 18.2 Å². The van der Waals surface area contributed by atoms with Gasteiger partial charge in [-0.05, 0) is 6.92 Å². The zero-order valence-electron chi connectivity index (χ0n) is 11.4. The van der Waals surface area contributed by atoms with E-state index in [9.17, 15) is 0 Å². The van der Waals surface area contributed by atoms with Crippen LogP contribution in [0.3, 0.4) is 0 Å². The molecule has 2 heterocycles. The van der Waals surface area contributed by atoms with E-state index in [2.05, 4.69) is 53.8 Å². The van der Waals surface area contributed by atoms with Gasteiger partial charge < -0.3 is 10.3 Å². The van der Waals surface area contributed by atoms with Gasteiger partial charge in [0.25, 0.3) is 0 Å². The third-order valence-electron chi connectivity index (χ3n) is 3.61. The van der Waals surface area contributed by atoms with Gasteiger partial charge in [0.05, 0.1) is 0 Å². The molecule has 1 aromatic rings. The predicted molar refractivity (Wildman–Crippen MR) is 82.3 cm³/mol. The summed E-state index contributed by atoms with van der Waals surface area (Å²) in [4.78, 5) is 4.42. The molecule has 2 N–H and O–H groups in total. The summed E-state index contributed by atoms with van der Waals surface area (Å²) in [5.41, 5.74) is 6.38. The van der Waals surface area contributed by atoms with Crippen molar-refractivity contribution in [2.45, 2.75) is 55.5 Å². The van der Waals surface area contributed by atoms with E-state index < -0.39 is 0 Å². The molecule has 4 unspecified atom stereocenters. The van der Waals surface area contributed by atoms with E-state index in [1.54, 1.807) is 0 Å². The molecule has 1 aliphatic heterocycles. The highest BCUT2D eigenvalue weighted by Crippen LogP contribution is 2.37. The predicted octanol–water partition coefficient (Wildman–Crippen LogP) is 2.40. The zero-order chi connectivity index (χ0) is 13.1. The van der Waals surface area contributed by atoms with E-state index in [0.717, 1.165) is 24.0 Å². The molecule has 1 fully saturated rings. The molecule has 102 valence electrons. The summed E-state index contributed by atoms with van der Waals surface area (Å²) in [7, 11) is 0. The second kappa shape index (κ2) is 6.35. The van der Waals surface area contributed by atoms with Gasteiger partial charge in [-0.3, -0.25) is 0 Å². The number of aromatic nitrogens is 2. The van der Waals surface area contributed by atoms with Gasteiger partial charge in [0, 0.05) is 52.9 Å². The van der Waals surface area contributed by atoms with Gasteiger partial charge >= 0.3 is 0 Å². The van der Waals surface area contributed by atoms with Crippen LogP contribution in [0.5, 0.6) is 0 Å². The topological polar surface area (TPSA) is 43.8 Å². The molecule has 3 nitrogen and oxygen atoms in total. The maximum absolute atomic E-state index is 6.38. The fourth-order valence-corrected chi connectivity index (χ4v) is 5.25. The zero-order valence-corrected chi connectivity index (χ0v) is 13.0. The summed E-state index contributed by atoms with van der Waals surface area (Å²) in [6, 6.07) is 0.213. The highest BCUT2D eigenvalue weighted by molar-refractivity contribution is 8.07. The number of hydrogen-bond acceptors (Lipinski definition) is 4. The largest absolute Gasteiger partial charge is 0.335 e. The van der Waals surface area contributed by atoms with E-state index in [4.69, 9.17) is 5.73 Å². The molecule has 0 radical (unpaired) electrons. The number of nitrogens with zero attached hydrogens (tertiary/aromatic N) is 2. The summed E-state index contributed by atoms with van der Waals surface area (Å²) < 4.78 is 2.19. The first-order valence-corrected chi connectivity index (χ1v) is 8.63. The summed E-state index contributed by atoms with van der Waals surface area (Å²) >= 11 is 4.11. The Morgan fingerprint density at radius 1 is 1.50 bits per heavy atom. The van der Waals surface area contributed by atoms with Crippen LogP contribution in [0, 0.1) is 0 Å². The Bertz CT molecular complexity index is 380. The van der Waals surface area contributed by atoms with Crippen LogP contribution in [0.2, 0.25) is 0 Å². The molecule has 18 heavy (non-hydrogen) atoms. The lowest BCUT2D eigenvalue weighted by Crippen LogP contribution is -2.41. The quantitative estimate of drug-likeness (QED) is 0.922. The molecule has 1 aliphatic rings. The van der Waals surface area contributed by atoms with Crippen LogP contribution in [0.25, 0.3) is 0 Å². The Labute approximate surface area is 118 Å². The molecule has 2 rings (SSSR count). The number of nitrogens with two attached hydrogens (primary N) is 1. The van der Waals surface area contributed by atoms with Crippen molar-refractivity contribution in [3.63, 3.8) is 0 Å². The van der Waals surface area contributed by atoms with Crippen molar-refractivity contribution in [1.29, 1.82) is 0 Å². The number of hydrogen-bond donors (Lipinski definition) is 1. The van der Waals surface area contributed by atoms with Crippen LogP contribution < -0.4 is 5.73 Å². The van der Waals surface area contributed by atoms with Crippen molar-refractivity contribution < 1.29 is 0 Å². The maximum Gasteiger partial charge on any atom is 0.110 e. The van der Waals surface area contributed by atoms with Gasteiger partial charge in [0.2, 0.25) is 0 Å². The van der Waals surface area contributed by atoms with E-state index in [0.29, 0.717) is 10.5 Å². The SMILES string of the molecule is CCn1ccnc1CC(N)C1CSC(C)C(C)S1. The average molecular weight is 285 g/mol. The highest BCUT2D eigenvalue weighted by atomic mass is 32.2. The minimum absolute atomic E-state index is 0.213. The summed E-state index contributed by atoms with van der Waals surface area (Å²) in [6.45, 7) is 7.75. The minimum Gasteiger partial charge on any atom is -0.335 e. The van der Waals surface area contributed by atoms with E-state index in [1.807, 2.05) is 12.4 Å². The van der Waals surface area contributed by atoms with Crippen LogP contribution in [0.4, 0.5) is 0 Å². The summed E-state index contributed by atoms with van der Waals surface area (Å²) in [5.74, 6) is 2.30. The fraction of sp³-hybridized carbons (Fsp3) is 0.769. The van der Waals surface area contributed by atoms with Crippen molar-refractivity contribution in [1.82, 2.24) is 9.55 Å². The van der Waals surface area contributed by atoms with Crippen molar-refractivity contribution in [2.24, 2.45) is 5.73 Å². The summed E-state index contributed by atoms with van der Waals surface area (Å²) in [6.07, 6.45) is 4.80. The normalized spacial score (nSPS) is 30.3. The van der Waals surface area contributed by atoms with Gasteiger partial charge in [-0.15, -0.1) is 0 Å². The van der Waals surface area contributed by atoms with Crippen molar-refractivity contribution in [2.75, 3.05) is 5.75 Å². The Kier molecular flexibility index (Phi) is 5.04. The van der Waals surface area contributed by atoms with Gasteiger partial charge in [0.1, 0.15) is 5.82 Å². The molecule has 5 heteroatoms. The molecule has 1 aromatic heterocycles. The fourth-order valence-electron chi connectivity index (χ4n) is 2.19. The molecule has 0 bridgehead atoms. The lowest BCUT2D eigenvalue weighted by atomic mass is 10.1. The van der Waals surface area contributed by atoms with Crippen LogP contribution >= 0.6 is 23.5 Å². The average Bonchev–Trinajstić information content (AvgIpc) is 2.79. The number of aryl methyl sites for hydroxylation is 1. The Balaban J connectivity index is 1.94. The third-order valence-corrected chi connectivity index (χ3v) is 7.18. The molecular weight excluding hydrogens is 262 g/mol. The summed E-state index contributed by atoms with van der Waals surface area (Å²) in [5, 5.41) is 2.00. The second-order valence-electron chi connectivity index (χ2n) is 4.92. The molecule has 4 atom stereocenters. The first-order chi connectivity index (χ1) is 8.61. The second-order valence-corrected chi connectivity index (χ2v) is 7.95. The molecule has 0 spiro atoms. The van der Waals surface area contributed by atoms with Gasteiger partial charge in [-0.1, -0.05) is 13.8 Å². The van der Waals surface area contributed by atoms with Crippen LogP contribution in [0.1, 0.15) is 26.6 Å². The lowest BCUT2D eigenvalue weighted by Gasteiger charge is -2.34. The monoisotopic (exact) mass is 285 g/mol. The standard InChI is InChI=1S/C13H23N3S2/c1-4-16-6-5-15-13(16)7-11(14)12-8-17-9(2)10(3)18-12/h5-6,9-12H,4,7-8,14H2,1-3H3. The Morgan fingerprint density at radius 2 is 2.28 bits per heavy atom. The van der Waals surface area contributed by atoms with Crippen LogP contribution in [0.15, 0.2) is 12.4 Å². The van der Waals surface area contributed by atoms with Crippen LogP contribution in [-0.4, -0.2) is 37.1 Å². The number of thioether (sulfide) groups is 2.